The van der Waals surface area contributed by atoms with Crippen LogP contribution in [0.5, 0.6) is 0 Å². The summed E-state index contributed by atoms with van der Waals surface area (Å²) in [7, 11) is 0. The molecule has 2 saturated heterocycles. The summed E-state index contributed by atoms with van der Waals surface area (Å²) in [6.07, 6.45) is 5.63. The number of ether oxygens (including phenoxy) is 1. The Kier molecular flexibility index (Phi) is 7.66. The molecule has 2 aliphatic heterocycles. The summed E-state index contributed by atoms with van der Waals surface area (Å²) in [6, 6.07) is 8.15. The van der Waals surface area contributed by atoms with Crippen LogP contribution in [0.15, 0.2) is 49.1 Å². The van der Waals surface area contributed by atoms with Gasteiger partial charge < -0.3 is 19.9 Å². The Balaban J connectivity index is 1.07. The predicted octanol–water partition coefficient (Wildman–Crippen LogP) is 3.06. The second-order valence-corrected chi connectivity index (χ2v) is 10.8. The number of piperazine rings is 1. The van der Waals surface area contributed by atoms with Crippen LogP contribution < -0.4 is 10.2 Å². The molecule has 1 aromatic carbocycles. The maximum absolute atomic E-state index is 13.1. The van der Waals surface area contributed by atoms with Crippen molar-refractivity contribution in [1.29, 1.82) is 0 Å². The lowest BCUT2D eigenvalue weighted by molar-refractivity contribution is 0.0360. The van der Waals surface area contributed by atoms with Gasteiger partial charge in [-0.05, 0) is 23.8 Å². The van der Waals surface area contributed by atoms with E-state index in [0.717, 1.165) is 71.4 Å². The number of hydrogen-bond acceptors (Lipinski definition) is 8. The molecule has 0 spiro atoms. The minimum atomic E-state index is -0.285. The van der Waals surface area contributed by atoms with Crippen molar-refractivity contribution in [2.45, 2.75) is 13.1 Å². The fourth-order valence-corrected chi connectivity index (χ4v) is 6.01. The standard InChI is InChI=1S/C27H31FN8O2S/c28-22-3-1-20(2-4-22)16-29-27(37)35-8-6-34(7-9-35)26-25-23(30-19-31-26)15-24(39-25)21-17-32-36(18-21)10-5-33-11-13-38-14-12-33/h1-4,15,17-19H,5-14,16H2,(H,29,37). The average Bonchev–Trinajstić information content (AvgIpc) is 3.64. The number of rotatable bonds is 7. The van der Waals surface area contributed by atoms with Crippen LogP contribution in [0.4, 0.5) is 15.0 Å². The van der Waals surface area contributed by atoms with Crippen molar-refractivity contribution in [3.05, 3.63) is 60.4 Å². The number of carbonyl (C=O) groups is 1. The first kappa shape index (κ1) is 25.7. The van der Waals surface area contributed by atoms with E-state index >= 15 is 0 Å². The molecular formula is C27H31FN8O2S. The summed E-state index contributed by atoms with van der Waals surface area (Å²) in [5.74, 6) is 0.620. The number of fused-ring (bicyclic) bond motifs is 1. The normalized spacial score (nSPS) is 16.6. The minimum Gasteiger partial charge on any atom is -0.379 e. The molecule has 0 bridgehead atoms. The van der Waals surface area contributed by atoms with Gasteiger partial charge in [0.05, 0.1) is 36.2 Å². The summed E-state index contributed by atoms with van der Waals surface area (Å²) in [6.45, 7) is 8.27. The SMILES string of the molecule is O=C(NCc1ccc(F)cc1)N1CCN(c2ncnc3cc(-c4cnn(CCN5CCOCC5)c4)sc23)CC1. The summed E-state index contributed by atoms with van der Waals surface area (Å²) < 4.78 is 21.6. The third-order valence-electron chi connectivity index (χ3n) is 7.18. The minimum absolute atomic E-state index is 0.115. The van der Waals surface area contributed by atoms with Crippen molar-refractivity contribution in [2.24, 2.45) is 0 Å². The number of hydrogen-bond donors (Lipinski definition) is 1. The fourth-order valence-electron chi connectivity index (χ4n) is 4.90. The summed E-state index contributed by atoms with van der Waals surface area (Å²) >= 11 is 1.68. The highest BCUT2D eigenvalue weighted by Gasteiger charge is 2.24. The average molecular weight is 551 g/mol. The van der Waals surface area contributed by atoms with Gasteiger partial charge in [-0.1, -0.05) is 12.1 Å². The number of nitrogens with zero attached hydrogens (tertiary/aromatic N) is 7. The molecule has 2 fully saturated rings. The van der Waals surface area contributed by atoms with E-state index in [-0.39, 0.29) is 11.8 Å². The molecule has 3 aromatic heterocycles. The third kappa shape index (κ3) is 6.02. The van der Waals surface area contributed by atoms with Gasteiger partial charge in [0, 0.05) is 69.0 Å². The predicted molar refractivity (Wildman–Crippen MR) is 148 cm³/mol. The molecule has 204 valence electrons. The molecule has 6 rings (SSSR count). The number of halogens is 1. The van der Waals surface area contributed by atoms with Crippen LogP contribution in [-0.2, 0) is 17.8 Å². The molecule has 4 aromatic rings. The molecule has 10 nitrogen and oxygen atoms in total. The van der Waals surface area contributed by atoms with E-state index in [2.05, 4.69) is 42.4 Å². The molecule has 1 N–H and O–H groups in total. The Labute approximate surface area is 230 Å². The van der Waals surface area contributed by atoms with Crippen molar-refractivity contribution in [2.75, 3.05) is 63.9 Å². The number of benzene rings is 1. The molecule has 12 heteroatoms. The topological polar surface area (TPSA) is 91.7 Å². The number of carbonyl (C=O) groups excluding carboxylic acids is 1. The van der Waals surface area contributed by atoms with E-state index in [4.69, 9.17) is 4.74 Å². The molecular weight excluding hydrogens is 519 g/mol. The Morgan fingerprint density at radius 2 is 1.82 bits per heavy atom. The van der Waals surface area contributed by atoms with Crippen LogP contribution in [0, 0.1) is 5.82 Å². The zero-order valence-electron chi connectivity index (χ0n) is 21.6. The van der Waals surface area contributed by atoms with Crippen molar-refractivity contribution in [3.8, 4) is 10.4 Å². The number of anilines is 1. The van der Waals surface area contributed by atoms with Gasteiger partial charge in [-0.25, -0.2) is 19.2 Å². The lowest BCUT2D eigenvalue weighted by Gasteiger charge is -2.35. The molecule has 0 unspecified atom stereocenters. The van der Waals surface area contributed by atoms with E-state index in [1.807, 2.05) is 15.8 Å². The first-order chi connectivity index (χ1) is 19.1. The van der Waals surface area contributed by atoms with Crippen LogP contribution in [0.25, 0.3) is 20.7 Å². The molecule has 0 aliphatic carbocycles. The first-order valence-corrected chi connectivity index (χ1v) is 14.0. The van der Waals surface area contributed by atoms with Crippen molar-refractivity contribution < 1.29 is 13.9 Å². The summed E-state index contributed by atoms with van der Waals surface area (Å²) in [4.78, 5) is 29.4. The molecule has 39 heavy (non-hydrogen) atoms. The Bertz CT molecular complexity index is 1410. The number of thiophene rings is 1. The Morgan fingerprint density at radius 3 is 2.62 bits per heavy atom. The smallest absolute Gasteiger partial charge is 0.317 e. The van der Waals surface area contributed by atoms with Crippen molar-refractivity contribution >= 4 is 33.4 Å². The van der Waals surface area contributed by atoms with Crippen molar-refractivity contribution in [3.63, 3.8) is 0 Å². The largest absolute Gasteiger partial charge is 0.379 e. The van der Waals surface area contributed by atoms with Gasteiger partial charge in [0.2, 0.25) is 0 Å². The summed E-state index contributed by atoms with van der Waals surface area (Å²) in [5.41, 5.74) is 2.86. The molecule has 0 saturated carbocycles. The highest BCUT2D eigenvalue weighted by molar-refractivity contribution is 7.22. The van der Waals surface area contributed by atoms with Gasteiger partial charge in [-0.15, -0.1) is 11.3 Å². The van der Waals surface area contributed by atoms with E-state index in [0.29, 0.717) is 32.7 Å². The first-order valence-electron chi connectivity index (χ1n) is 13.2. The maximum atomic E-state index is 13.1. The van der Waals surface area contributed by atoms with Gasteiger partial charge in [0.1, 0.15) is 18.0 Å². The maximum Gasteiger partial charge on any atom is 0.317 e. The zero-order chi connectivity index (χ0) is 26.6. The molecule has 2 aliphatic rings. The van der Waals surface area contributed by atoms with Crippen LogP contribution >= 0.6 is 11.3 Å². The fraction of sp³-hybridized carbons (Fsp3) is 0.407. The molecule has 5 heterocycles. The zero-order valence-corrected chi connectivity index (χ0v) is 22.4. The number of nitrogens with one attached hydrogen (secondary N) is 1. The van der Waals surface area contributed by atoms with E-state index in [1.54, 1.807) is 29.8 Å². The van der Waals surface area contributed by atoms with E-state index in [1.165, 1.54) is 12.1 Å². The van der Waals surface area contributed by atoms with Gasteiger partial charge in [-0.2, -0.15) is 5.10 Å². The number of urea groups is 1. The molecule has 2 amide bonds. The second kappa shape index (κ2) is 11.6. The summed E-state index contributed by atoms with van der Waals surface area (Å²) in [5, 5.41) is 7.51. The second-order valence-electron chi connectivity index (χ2n) is 9.73. The van der Waals surface area contributed by atoms with Crippen LogP contribution in [-0.4, -0.2) is 94.6 Å². The van der Waals surface area contributed by atoms with Gasteiger partial charge in [0.15, 0.2) is 0 Å². The van der Waals surface area contributed by atoms with Crippen LogP contribution in [0.1, 0.15) is 5.56 Å². The van der Waals surface area contributed by atoms with Gasteiger partial charge >= 0.3 is 6.03 Å². The number of aromatic nitrogens is 4. The Morgan fingerprint density at radius 1 is 1.03 bits per heavy atom. The monoisotopic (exact) mass is 550 g/mol. The number of morpholine rings is 1. The Hall–Kier alpha value is -3.61. The van der Waals surface area contributed by atoms with Crippen molar-refractivity contribution in [1.82, 2.24) is 34.9 Å². The highest BCUT2D eigenvalue weighted by atomic mass is 32.1. The van der Waals surface area contributed by atoms with Gasteiger partial charge in [0.25, 0.3) is 0 Å². The lowest BCUT2D eigenvalue weighted by atomic mass is 10.2. The molecule has 0 radical (unpaired) electrons. The highest BCUT2D eigenvalue weighted by Crippen LogP contribution is 2.37. The van der Waals surface area contributed by atoms with E-state index < -0.39 is 0 Å². The van der Waals surface area contributed by atoms with Gasteiger partial charge in [-0.3, -0.25) is 9.58 Å². The molecule has 0 atom stereocenters. The van der Waals surface area contributed by atoms with Crippen LogP contribution in [0.3, 0.4) is 0 Å². The third-order valence-corrected chi connectivity index (χ3v) is 8.35. The number of amides is 2. The lowest BCUT2D eigenvalue weighted by Crippen LogP contribution is -2.51. The quantitative estimate of drug-likeness (QED) is 0.378. The van der Waals surface area contributed by atoms with E-state index in [9.17, 15) is 9.18 Å². The van der Waals surface area contributed by atoms with Crippen LogP contribution in [0.2, 0.25) is 0 Å².